The molecule has 1 atom stereocenters. The summed E-state index contributed by atoms with van der Waals surface area (Å²) in [6.45, 7) is 4.44. The van der Waals surface area contributed by atoms with Crippen LogP contribution in [0.15, 0.2) is 6.33 Å². The number of thioether (sulfide) groups is 1. The molecule has 0 aromatic carbocycles. The summed E-state index contributed by atoms with van der Waals surface area (Å²) in [6, 6.07) is 0. The maximum atomic E-state index is 12.5. The lowest BCUT2D eigenvalue weighted by atomic mass is 10.2. The van der Waals surface area contributed by atoms with Gasteiger partial charge in [0.1, 0.15) is 18.3 Å². The molecule has 0 spiro atoms. The van der Waals surface area contributed by atoms with Gasteiger partial charge >= 0.3 is 0 Å². The number of carbonyl (C=O) groups is 1. The van der Waals surface area contributed by atoms with Crippen LogP contribution in [0.1, 0.15) is 5.82 Å². The van der Waals surface area contributed by atoms with E-state index in [1.54, 1.807) is 11.0 Å². The molecule has 3 heterocycles. The standard InChI is InChI=1S/C13H21N5O2S/c1-16-12(14-10-15-16)9-17-2-5-20-11(8-17)13(19)18-3-6-21-7-4-18/h10-11H,2-9H2,1H3. The summed E-state index contributed by atoms with van der Waals surface area (Å²) in [4.78, 5) is 20.9. The second kappa shape index (κ2) is 6.76. The topological polar surface area (TPSA) is 63.5 Å². The third kappa shape index (κ3) is 3.56. The molecule has 7 nitrogen and oxygen atoms in total. The maximum absolute atomic E-state index is 12.5. The molecule has 1 aromatic rings. The third-order valence-electron chi connectivity index (χ3n) is 3.92. The van der Waals surface area contributed by atoms with Crippen molar-refractivity contribution in [3.05, 3.63) is 12.2 Å². The van der Waals surface area contributed by atoms with E-state index >= 15 is 0 Å². The first-order valence-electron chi connectivity index (χ1n) is 7.27. The van der Waals surface area contributed by atoms with E-state index in [2.05, 4.69) is 15.0 Å². The van der Waals surface area contributed by atoms with Gasteiger partial charge in [-0.25, -0.2) is 4.98 Å². The van der Waals surface area contributed by atoms with Gasteiger partial charge in [-0.1, -0.05) is 0 Å². The molecule has 1 unspecified atom stereocenters. The Morgan fingerprint density at radius 2 is 2.24 bits per heavy atom. The molecule has 2 aliphatic heterocycles. The number of ether oxygens (including phenoxy) is 1. The fourth-order valence-electron chi connectivity index (χ4n) is 2.65. The third-order valence-corrected chi connectivity index (χ3v) is 4.86. The van der Waals surface area contributed by atoms with E-state index in [1.165, 1.54) is 0 Å². The number of rotatable bonds is 3. The van der Waals surface area contributed by atoms with E-state index < -0.39 is 0 Å². The second-order valence-electron chi connectivity index (χ2n) is 5.33. The fraction of sp³-hybridized carbons (Fsp3) is 0.769. The molecular weight excluding hydrogens is 290 g/mol. The van der Waals surface area contributed by atoms with Crippen molar-refractivity contribution in [2.24, 2.45) is 7.05 Å². The lowest BCUT2D eigenvalue weighted by Crippen LogP contribution is -2.52. The zero-order chi connectivity index (χ0) is 14.7. The van der Waals surface area contributed by atoms with Gasteiger partial charge in [0.2, 0.25) is 0 Å². The minimum absolute atomic E-state index is 0.137. The van der Waals surface area contributed by atoms with E-state index in [9.17, 15) is 4.79 Å². The summed E-state index contributed by atoms with van der Waals surface area (Å²) in [7, 11) is 1.89. The maximum Gasteiger partial charge on any atom is 0.253 e. The van der Waals surface area contributed by atoms with Crippen LogP contribution in [-0.4, -0.2) is 80.9 Å². The molecule has 2 aliphatic rings. The summed E-state index contributed by atoms with van der Waals surface area (Å²) >= 11 is 1.90. The van der Waals surface area contributed by atoms with Gasteiger partial charge in [-0.15, -0.1) is 0 Å². The van der Waals surface area contributed by atoms with Crippen LogP contribution in [0, 0.1) is 0 Å². The zero-order valence-electron chi connectivity index (χ0n) is 12.3. The minimum atomic E-state index is -0.338. The Morgan fingerprint density at radius 1 is 1.43 bits per heavy atom. The number of aromatic nitrogens is 3. The Bertz CT molecular complexity index is 489. The molecule has 2 fully saturated rings. The van der Waals surface area contributed by atoms with Crippen molar-refractivity contribution >= 4 is 17.7 Å². The highest BCUT2D eigenvalue weighted by atomic mass is 32.2. The number of aryl methyl sites for hydroxylation is 1. The summed E-state index contributed by atoms with van der Waals surface area (Å²) in [5.74, 6) is 3.11. The Balaban J connectivity index is 1.57. The highest BCUT2D eigenvalue weighted by molar-refractivity contribution is 7.99. The van der Waals surface area contributed by atoms with Gasteiger partial charge in [-0.05, 0) is 0 Å². The SMILES string of the molecule is Cn1ncnc1CN1CCOC(C(=O)N2CCSCC2)C1. The predicted octanol–water partition coefficient (Wildman–Crippen LogP) is -0.409. The van der Waals surface area contributed by atoms with Crippen LogP contribution in [0.4, 0.5) is 0 Å². The van der Waals surface area contributed by atoms with Crippen molar-refractivity contribution in [3.8, 4) is 0 Å². The first-order valence-corrected chi connectivity index (χ1v) is 8.43. The molecule has 3 rings (SSSR count). The van der Waals surface area contributed by atoms with E-state index in [0.29, 0.717) is 19.7 Å². The number of hydrogen-bond donors (Lipinski definition) is 0. The number of hydrogen-bond acceptors (Lipinski definition) is 6. The van der Waals surface area contributed by atoms with Crippen LogP contribution < -0.4 is 0 Å². The first-order chi connectivity index (χ1) is 10.2. The van der Waals surface area contributed by atoms with Gasteiger partial charge < -0.3 is 9.64 Å². The van der Waals surface area contributed by atoms with Crippen LogP contribution in [0.25, 0.3) is 0 Å². The van der Waals surface area contributed by atoms with E-state index in [-0.39, 0.29) is 12.0 Å². The van der Waals surface area contributed by atoms with Crippen molar-refractivity contribution in [2.75, 3.05) is 44.3 Å². The highest BCUT2D eigenvalue weighted by Crippen LogP contribution is 2.15. The Labute approximate surface area is 128 Å². The lowest BCUT2D eigenvalue weighted by molar-refractivity contribution is -0.149. The van der Waals surface area contributed by atoms with Crippen LogP contribution in [0.3, 0.4) is 0 Å². The minimum Gasteiger partial charge on any atom is -0.366 e. The molecule has 2 saturated heterocycles. The molecule has 0 radical (unpaired) electrons. The van der Waals surface area contributed by atoms with Crippen molar-refractivity contribution < 1.29 is 9.53 Å². The Kier molecular flexibility index (Phi) is 4.77. The van der Waals surface area contributed by atoms with Crippen molar-refractivity contribution in [3.63, 3.8) is 0 Å². The second-order valence-corrected chi connectivity index (χ2v) is 6.56. The normalized spacial score (nSPS) is 24.2. The van der Waals surface area contributed by atoms with Crippen LogP contribution in [-0.2, 0) is 23.1 Å². The van der Waals surface area contributed by atoms with Crippen molar-refractivity contribution in [1.29, 1.82) is 0 Å². The zero-order valence-corrected chi connectivity index (χ0v) is 13.1. The quantitative estimate of drug-likeness (QED) is 0.756. The first kappa shape index (κ1) is 14.8. The summed E-state index contributed by atoms with van der Waals surface area (Å²) in [5, 5.41) is 4.08. The molecule has 8 heteroatoms. The molecule has 0 bridgehead atoms. The summed E-state index contributed by atoms with van der Waals surface area (Å²) in [5.41, 5.74) is 0. The molecule has 21 heavy (non-hydrogen) atoms. The molecular formula is C13H21N5O2S. The number of morpholine rings is 1. The molecule has 1 amide bonds. The smallest absolute Gasteiger partial charge is 0.253 e. The van der Waals surface area contributed by atoms with Crippen molar-refractivity contribution in [2.45, 2.75) is 12.6 Å². The number of nitrogens with zero attached hydrogens (tertiary/aromatic N) is 5. The average Bonchev–Trinajstić information content (AvgIpc) is 2.93. The Hall–Kier alpha value is -1.12. The number of amides is 1. The summed E-state index contributed by atoms with van der Waals surface area (Å²) < 4.78 is 7.46. The predicted molar refractivity (Wildman–Crippen MR) is 79.9 cm³/mol. The Morgan fingerprint density at radius 3 is 2.95 bits per heavy atom. The number of carbonyl (C=O) groups excluding carboxylic acids is 1. The molecule has 0 N–H and O–H groups in total. The molecule has 116 valence electrons. The van der Waals surface area contributed by atoms with Gasteiger partial charge in [0, 0.05) is 44.7 Å². The molecule has 0 aliphatic carbocycles. The van der Waals surface area contributed by atoms with Crippen LogP contribution in [0.2, 0.25) is 0 Å². The average molecular weight is 311 g/mol. The van der Waals surface area contributed by atoms with Gasteiger partial charge in [0.05, 0.1) is 13.2 Å². The largest absolute Gasteiger partial charge is 0.366 e. The highest BCUT2D eigenvalue weighted by Gasteiger charge is 2.31. The van der Waals surface area contributed by atoms with E-state index in [4.69, 9.17) is 4.74 Å². The monoisotopic (exact) mass is 311 g/mol. The van der Waals surface area contributed by atoms with Crippen LogP contribution in [0.5, 0.6) is 0 Å². The van der Waals surface area contributed by atoms with E-state index in [0.717, 1.165) is 37.0 Å². The molecule has 0 saturated carbocycles. The van der Waals surface area contributed by atoms with Gasteiger partial charge in [-0.3, -0.25) is 14.4 Å². The van der Waals surface area contributed by atoms with Gasteiger partial charge in [-0.2, -0.15) is 16.9 Å². The van der Waals surface area contributed by atoms with Gasteiger partial charge in [0.15, 0.2) is 0 Å². The fourth-order valence-corrected chi connectivity index (χ4v) is 3.55. The van der Waals surface area contributed by atoms with Gasteiger partial charge in [0.25, 0.3) is 5.91 Å². The van der Waals surface area contributed by atoms with E-state index in [1.807, 2.05) is 23.7 Å². The summed E-state index contributed by atoms with van der Waals surface area (Å²) in [6.07, 6.45) is 1.22. The molecule has 1 aromatic heterocycles. The van der Waals surface area contributed by atoms with Crippen molar-refractivity contribution in [1.82, 2.24) is 24.6 Å². The lowest BCUT2D eigenvalue weighted by Gasteiger charge is -2.35. The van der Waals surface area contributed by atoms with Crippen LogP contribution >= 0.6 is 11.8 Å².